The van der Waals surface area contributed by atoms with Crippen LogP contribution in [0, 0.1) is 5.92 Å². The zero-order valence-corrected chi connectivity index (χ0v) is 24.8. The molecule has 43 heavy (non-hydrogen) atoms. The number of carbonyl (C=O) groups is 3. The van der Waals surface area contributed by atoms with Crippen molar-refractivity contribution in [3.05, 3.63) is 108 Å². The number of rotatable bonds is 11. The third-order valence-electron chi connectivity index (χ3n) is 9.00. The van der Waals surface area contributed by atoms with E-state index in [9.17, 15) is 14.4 Å². The highest BCUT2D eigenvalue weighted by Gasteiger charge is 2.47. The molecular weight excluding hydrogens is 538 g/mol. The van der Waals surface area contributed by atoms with Crippen LogP contribution < -0.4 is 21.7 Å². The van der Waals surface area contributed by atoms with Crippen LogP contribution in [0.4, 0.5) is 0 Å². The number of benzene rings is 3. The molecule has 2 fully saturated rings. The molecule has 5 unspecified atom stereocenters. The summed E-state index contributed by atoms with van der Waals surface area (Å²) in [6.07, 6.45) is 4.03. The second-order valence-corrected chi connectivity index (χ2v) is 11.7. The van der Waals surface area contributed by atoms with E-state index in [2.05, 4.69) is 16.0 Å². The van der Waals surface area contributed by atoms with E-state index in [0.29, 0.717) is 25.8 Å². The summed E-state index contributed by atoms with van der Waals surface area (Å²) in [6, 6.07) is 27.4. The van der Waals surface area contributed by atoms with Crippen molar-refractivity contribution >= 4 is 17.7 Å². The number of hydrogen-bond acceptors (Lipinski definition) is 5. The molecule has 2 saturated heterocycles. The summed E-state index contributed by atoms with van der Waals surface area (Å²) in [7, 11) is 1.76. The number of likely N-dealkylation sites (N-methyl/N-ethyl adjacent to an activating group) is 1. The molecule has 5 atom stereocenters. The fourth-order valence-corrected chi connectivity index (χ4v) is 6.72. The Morgan fingerprint density at radius 1 is 0.860 bits per heavy atom. The van der Waals surface area contributed by atoms with E-state index < -0.39 is 18.1 Å². The molecular formula is C35H43N5O3. The first-order chi connectivity index (χ1) is 21.0. The topological polar surface area (TPSA) is 117 Å². The normalized spacial score (nSPS) is 22.5. The Morgan fingerprint density at radius 2 is 1.44 bits per heavy atom. The maximum atomic E-state index is 14.3. The molecule has 2 heterocycles. The largest absolute Gasteiger partial charge is 0.343 e. The Labute approximate surface area is 254 Å². The molecule has 3 aromatic rings. The van der Waals surface area contributed by atoms with Crippen molar-refractivity contribution in [1.82, 2.24) is 20.9 Å². The monoisotopic (exact) mass is 581 g/mol. The van der Waals surface area contributed by atoms with E-state index in [4.69, 9.17) is 5.73 Å². The molecule has 3 amide bonds. The van der Waals surface area contributed by atoms with Crippen molar-refractivity contribution in [3.63, 3.8) is 0 Å². The lowest BCUT2D eigenvalue weighted by atomic mass is 9.90. The smallest absolute Gasteiger partial charge is 0.246 e. The van der Waals surface area contributed by atoms with Gasteiger partial charge in [0, 0.05) is 6.04 Å². The number of amides is 3. The van der Waals surface area contributed by atoms with Gasteiger partial charge in [0.15, 0.2) is 0 Å². The van der Waals surface area contributed by atoms with E-state index >= 15 is 0 Å². The predicted molar refractivity (Wildman–Crippen MR) is 168 cm³/mol. The molecule has 2 aliphatic rings. The minimum atomic E-state index is -0.736. The lowest BCUT2D eigenvalue weighted by Gasteiger charge is -2.33. The highest BCUT2D eigenvalue weighted by atomic mass is 16.2. The van der Waals surface area contributed by atoms with Crippen LogP contribution in [-0.2, 0) is 20.8 Å². The quantitative estimate of drug-likeness (QED) is 0.277. The van der Waals surface area contributed by atoms with Crippen LogP contribution in [0.2, 0.25) is 0 Å². The number of nitrogens with zero attached hydrogens (tertiary/aromatic N) is 1. The first kappa shape index (κ1) is 30.4. The van der Waals surface area contributed by atoms with Crippen LogP contribution >= 0.6 is 0 Å². The average Bonchev–Trinajstić information content (AvgIpc) is 3.43. The van der Waals surface area contributed by atoms with Crippen LogP contribution in [0.3, 0.4) is 0 Å². The summed E-state index contributed by atoms with van der Waals surface area (Å²) in [5.41, 5.74) is 8.96. The van der Waals surface area contributed by atoms with Gasteiger partial charge < -0.3 is 26.6 Å². The van der Waals surface area contributed by atoms with Gasteiger partial charge >= 0.3 is 0 Å². The highest BCUT2D eigenvalue weighted by molar-refractivity contribution is 5.94. The lowest BCUT2D eigenvalue weighted by molar-refractivity contribution is -0.143. The molecule has 0 aromatic heterocycles. The first-order valence-corrected chi connectivity index (χ1v) is 15.4. The standard InChI is InChI=1S/C35H43N5O3/c1-37-29(23-24-11-5-2-6-12-24)33(41)39-32-27(21-22-36)17-18-28-19-20-30(40(28)35(32)43)34(42)38-31(25-13-7-3-8-14-25)26-15-9-4-10-16-26/h2-16,27-32,37H,17-23,36H2,1H3,(H,38,42)(H,39,41). The average molecular weight is 582 g/mol. The first-order valence-electron chi connectivity index (χ1n) is 15.4. The Kier molecular flexibility index (Phi) is 10.2. The summed E-state index contributed by atoms with van der Waals surface area (Å²) < 4.78 is 0. The van der Waals surface area contributed by atoms with Crippen molar-refractivity contribution in [2.75, 3.05) is 13.6 Å². The number of nitrogens with one attached hydrogen (secondary N) is 3. The molecule has 8 nitrogen and oxygen atoms in total. The molecule has 2 aliphatic heterocycles. The predicted octanol–water partition coefficient (Wildman–Crippen LogP) is 3.33. The van der Waals surface area contributed by atoms with Crippen molar-refractivity contribution in [2.45, 2.75) is 68.7 Å². The van der Waals surface area contributed by atoms with Gasteiger partial charge in [-0.1, -0.05) is 91.0 Å². The minimum Gasteiger partial charge on any atom is -0.343 e. The van der Waals surface area contributed by atoms with Gasteiger partial charge in [-0.25, -0.2) is 0 Å². The van der Waals surface area contributed by atoms with Crippen LogP contribution in [0.5, 0.6) is 0 Å². The SMILES string of the molecule is CNC(Cc1ccccc1)C(=O)NC1C(=O)N2C(CCC1CCN)CCC2C(=O)NC(c1ccccc1)c1ccccc1. The van der Waals surface area contributed by atoms with Crippen molar-refractivity contribution in [2.24, 2.45) is 11.7 Å². The fraction of sp³-hybridized carbons (Fsp3) is 0.400. The summed E-state index contributed by atoms with van der Waals surface area (Å²) in [5.74, 6) is -0.671. The van der Waals surface area contributed by atoms with E-state index in [1.807, 2.05) is 91.0 Å². The zero-order valence-electron chi connectivity index (χ0n) is 24.8. The van der Waals surface area contributed by atoms with E-state index in [0.717, 1.165) is 36.0 Å². The molecule has 3 aromatic carbocycles. The maximum Gasteiger partial charge on any atom is 0.246 e. The summed E-state index contributed by atoms with van der Waals surface area (Å²) in [4.78, 5) is 43.7. The Hall–Kier alpha value is -4.01. The number of fused-ring (bicyclic) bond motifs is 1. The number of carbonyl (C=O) groups excluding carboxylic acids is 3. The van der Waals surface area contributed by atoms with Crippen LogP contribution in [0.25, 0.3) is 0 Å². The van der Waals surface area contributed by atoms with Crippen LogP contribution in [0.1, 0.15) is 54.8 Å². The third kappa shape index (κ3) is 7.14. The van der Waals surface area contributed by atoms with Crippen LogP contribution in [-0.4, -0.2) is 60.4 Å². The van der Waals surface area contributed by atoms with E-state index in [-0.39, 0.29) is 35.7 Å². The maximum absolute atomic E-state index is 14.3. The van der Waals surface area contributed by atoms with Gasteiger partial charge in [-0.05, 0) is 74.7 Å². The molecule has 226 valence electrons. The van der Waals surface area contributed by atoms with E-state index in [1.54, 1.807) is 11.9 Å². The molecule has 0 aliphatic carbocycles. The van der Waals surface area contributed by atoms with Gasteiger partial charge in [0.1, 0.15) is 12.1 Å². The number of nitrogens with two attached hydrogens (primary N) is 1. The molecule has 5 rings (SSSR count). The Bertz CT molecular complexity index is 1310. The minimum absolute atomic E-state index is 0.0401. The second kappa shape index (κ2) is 14.4. The van der Waals surface area contributed by atoms with E-state index in [1.165, 1.54) is 0 Å². The molecule has 0 spiro atoms. The van der Waals surface area contributed by atoms with Crippen molar-refractivity contribution in [1.29, 1.82) is 0 Å². The van der Waals surface area contributed by atoms with Crippen molar-refractivity contribution in [3.8, 4) is 0 Å². The van der Waals surface area contributed by atoms with Gasteiger partial charge in [-0.2, -0.15) is 0 Å². The fourth-order valence-electron chi connectivity index (χ4n) is 6.72. The summed E-state index contributed by atoms with van der Waals surface area (Å²) >= 11 is 0. The van der Waals surface area contributed by atoms with Gasteiger partial charge in [-0.15, -0.1) is 0 Å². The Morgan fingerprint density at radius 3 is 2.02 bits per heavy atom. The van der Waals surface area contributed by atoms with Crippen molar-refractivity contribution < 1.29 is 14.4 Å². The van der Waals surface area contributed by atoms with Gasteiger partial charge in [0.25, 0.3) is 0 Å². The Balaban J connectivity index is 1.36. The molecule has 0 saturated carbocycles. The molecule has 5 N–H and O–H groups in total. The third-order valence-corrected chi connectivity index (χ3v) is 9.00. The zero-order chi connectivity index (χ0) is 30.2. The van der Waals surface area contributed by atoms with Crippen LogP contribution in [0.15, 0.2) is 91.0 Å². The second-order valence-electron chi connectivity index (χ2n) is 11.7. The van der Waals surface area contributed by atoms with Gasteiger partial charge in [0.2, 0.25) is 17.7 Å². The summed E-state index contributed by atoms with van der Waals surface area (Å²) in [6.45, 7) is 0.425. The number of hydrogen-bond donors (Lipinski definition) is 4. The highest BCUT2D eigenvalue weighted by Crippen LogP contribution is 2.35. The lowest BCUT2D eigenvalue weighted by Crippen LogP contribution is -2.58. The van der Waals surface area contributed by atoms with Gasteiger partial charge in [-0.3, -0.25) is 14.4 Å². The molecule has 8 heteroatoms. The molecule has 0 radical (unpaired) electrons. The van der Waals surface area contributed by atoms with Gasteiger partial charge in [0.05, 0.1) is 12.1 Å². The summed E-state index contributed by atoms with van der Waals surface area (Å²) in [5, 5.41) is 9.48. The molecule has 0 bridgehead atoms.